The molecule has 1 fully saturated rings. The molecule has 1 saturated heterocycles. The predicted molar refractivity (Wildman–Crippen MR) is 97.9 cm³/mol. The molecule has 0 N–H and O–H groups in total. The second-order valence-electron chi connectivity index (χ2n) is 6.53. The Labute approximate surface area is 149 Å². The van der Waals surface area contributed by atoms with Crippen molar-refractivity contribution in [2.24, 2.45) is 5.92 Å². The maximum atomic E-state index is 12.6. The van der Waals surface area contributed by atoms with E-state index in [9.17, 15) is 13.2 Å². The molecule has 2 atom stereocenters. The molecule has 1 aliphatic rings. The van der Waals surface area contributed by atoms with Gasteiger partial charge in [0.1, 0.15) is 0 Å². The third-order valence-corrected chi connectivity index (χ3v) is 6.59. The maximum absolute atomic E-state index is 12.6. The average Bonchev–Trinajstić information content (AvgIpc) is 2.61. The number of rotatable bonds is 6. The summed E-state index contributed by atoms with van der Waals surface area (Å²) in [7, 11) is -3.40. The van der Waals surface area contributed by atoms with Crippen LogP contribution in [-0.4, -0.2) is 31.5 Å². The minimum atomic E-state index is -3.40. The van der Waals surface area contributed by atoms with Crippen LogP contribution in [-0.2, 0) is 14.6 Å². The molecule has 25 heavy (non-hydrogen) atoms. The minimum Gasteiger partial charge on any atom is -0.333 e. The predicted octanol–water partition coefficient (Wildman–Crippen LogP) is 3.38. The topological polar surface area (TPSA) is 54.5 Å². The van der Waals surface area contributed by atoms with Crippen molar-refractivity contribution < 1.29 is 13.2 Å². The number of likely N-dealkylation sites (tertiary alicyclic amines) is 1. The van der Waals surface area contributed by atoms with Gasteiger partial charge in [-0.2, -0.15) is 0 Å². The van der Waals surface area contributed by atoms with E-state index in [0.717, 1.165) is 17.5 Å². The highest BCUT2D eigenvalue weighted by Gasteiger charge is 2.46. The number of amides is 1. The van der Waals surface area contributed by atoms with Crippen LogP contribution in [0.15, 0.2) is 59.5 Å². The van der Waals surface area contributed by atoms with Gasteiger partial charge in [-0.25, -0.2) is 8.42 Å². The summed E-state index contributed by atoms with van der Waals surface area (Å²) in [6.07, 6.45) is 0.763. The summed E-state index contributed by atoms with van der Waals surface area (Å²) in [4.78, 5) is 14.4. The zero-order chi connectivity index (χ0) is 18.0. The Hall–Kier alpha value is -2.14. The number of nitrogens with zero attached hydrogens (tertiary/aromatic N) is 1. The van der Waals surface area contributed by atoms with Gasteiger partial charge in [-0.05, 0) is 31.0 Å². The molecule has 0 aliphatic carbocycles. The number of aryl methyl sites for hydroxylation is 1. The van der Waals surface area contributed by atoms with E-state index in [1.807, 2.05) is 44.2 Å². The molecule has 2 aromatic carbocycles. The van der Waals surface area contributed by atoms with Crippen molar-refractivity contribution in [2.45, 2.75) is 31.2 Å². The molecule has 0 bridgehead atoms. The molecule has 1 amide bonds. The van der Waals surface area contributed by atoms with E-state index >= 15 is 0 Å². The molecule has 4 nitrogen and oxygen atoms in total. The van der Waals surface area contributed by atoms with Gasteiger partial charge in [-0.15, -0.1) is 0 Å². The van der Waals surface area contributed by atoms with Crippen LogP contribution in [0.5, 0.6) is 0 Å². The molecule has 5 heteroatoms. The SMILES string of the molecule is CCC1C(=O)N(CCS(=O)(=O)c2ccc(C)cc2)C1c1ccccc1. The fourth-order valence-corrected chi connectivity index (χ4v) is 4.64. The van der Waals surface area contributed by atoms with E-state index in [0.29, 0.717) is 4.90 Å². The zero-order valence-corrected chi connectivity index (χ0v) is 15.4. The van der Waals surface area contributed by atoms with Gasteiger partial charge in [0.15, 0.2) is 9.84 Å². The highest BCUT2D eigenvalue weighted by molar-refractivity contribution is 7.91. The second kappa shape index (κ2) is 7.00. The van der Waals surface area contributed by atoms with Gasteiger partial charge in [-0.3, -0.25) is 4.79 Å². The first-order valence-electron chi connectivity index (χ1n) is 8.59. The molecule has 0 aromatic heterocycles. The van der Waals surface area contributed by atoms with Crippen LogP contribution < -0.4 is 0 Å². The summed E-state index contributed by atoms with van der Waals surface area (Å²) in [6, 6.07) is 16.7. The normalized spacial score (nSPS) is 20.4. The van der Waals surface area contributed by atoms with Crippen molar-refractivity contribution >= 4 is 15.7 Å². The third-order valence-electron chi connectivity index (χ3n) is 4.88. The third kappa shape index (κ3) is 3.47. The van der Waals surface area contributed by atoms with Gasteiger partial charge < -0.3 is 4.90 Å². The number of sulfone groups is 1. The van der Waals surface area contributed by atoms with Crippen LogP contribution in [0.3, 0.4) is 0 Å². The summed E-state index contributed by atoms with van der Waals surface area (Å²) < 4.78 is 25.1. The lowest BCUT2D eigenvalue weighted by atomic mass is 9.81. The molecule has 0 radical (unpaired) electrons. The fraction of sp³-hybridized carbons (Fsp3) is 0.350. The van der Waals surface area contributed by atoms with Gasteiger partial charge >= 0.3 is 0 Å². The Morgan fingerprint density at radius 1 is 1.00 bits per heavy atom. The van der Waals surface area contributed by atoms with Crippen molar-refractivity contribution in [1.29, 1.82) is 0 Å². The van der Waals surface area contributed by atoms with Gasteiger partial charge in [-0.1, -0.05) is 55.0 Å². The molecule has 3 rings (SSSR count). The molecule has 0 saturated carbocycles. The summed E-state index contributed by atoms with van der Waals surface area (Å²) in [6.45, 7) is 4.15. The quantitative estimate of drug-likeness (QED) is 0.745. The first-order valence-corrected chi connectivity index (χ1v) is 10.2. The number of carbonyl (C=O) groups excluding carboxylic acids is 1. The Balaban J connectivity index is 1.75. The van der Waals surface area contributed by atoms with Crippen molar-refractivity contribution in [3.05, 3.63) is 65.7 Å². The Bertz CT molecular complexity index is 844. The van der Waals surface area contributed by atoms with Gasteiger partial charge in [0.05, 0.1) is 22.6 Å². The second-order valence-corrected chi connectivity index (χ2v) is 8.64. The van der Waals surface area contributed by atoms with Gasteiger partial charge in [0.2, 0.25) is 5.91 Å². The van der Waals surface area contributed by atoms with E-state index in [-0.39, 0.29) is 30.2 Å². The largest absolute Gasteiger partial charge is 0.333 e. The van der Waals surface area contributed by atoms with Crippen LogP contribution in [0.2, 0.25) is 0 Å². The van der Waals surface area contributed by atoms with E-state index in [1.54, 1.807) is 29.2 Å². The van der Waals surface area contributed by atoms with Crippen LogP contribution in [0, 0.1) is 12.8 Å². The smallest absolute Gasteiger partial charge is 0.228 e. The Kier molecular flexibility index (Phi) is 4.95. The van der Waals surface area contributed by atoms with E-state index in [4.69, 9.17) is 0 Å². The Morgan fingerprint density at radius 2 is 1.64 bits per heavy atom. The number of hydrogen-bond donors (Lipinski definition) is 0. The first-order chi connectivity index (χ1) is 11.9. The van der Waals surface area contributed by atoms with E-state index in [2.05, 4.69) is 0 Å². The maximum Gasteiger partial charge on any atom is 0.228 e. The molecular formula is C20H23NO3S. The van der Waals surface area contributed by atoms with Crippen LogP contribution in [0.1, 0.15) is 30.5 Å². The number of hydrogen-bond acceptors (Lipinski definition) is 3. The molecule has 1 aliphatic heterocycles. The van der Waals surface area contributed by atoms with E-state index < -0.39 is 9.84 Å². The number of benzene rings is 2. The number of carbonyl (C=O) groups is 1. The highest BCUT2D eigenvalue weighted by atomic mass is 32.2. The molecule has 0 spiro atoms. The fourth-order valence-electron chi connectivity index (χ4n) is 3.41. The molecule has 2 unspecified atom stereocenters. The van der Waals surface area contributed by atoms with Gasteiger partial charge in [0, 0.05) is 6.54 Å². The zero-order valence-electron chi connectivity index (χ0n) is 14.6. The highest BCUT2D eigenvalue weighted by Crippen LogP contribution is 2.41. The molecule has 132 valence electrons. The summed E-state index contributed by atoms with van der Waals surface area (Å²) in [5.41, 5.74) is 2.09. The van der Waals surface area contributed by atoms with Crippen molar-refractivity contribution in [3.8, 4) is 0 Å². The van der Waals surface area contributed by atoms with Crippen molar-refractivity contribution in [3.63, 3.8) is 0 Å². The van der Waals surface area contributed by atoms with Crippen LogP contribution in [0.4, 0.5) is 0 Å². The average molecular weight is 357 g/mol. The lowest BCUT2D eigenvalue weighted by Gasteiger charge is -2.47. The first kappa shape index (κ1) is 17.7. The van der Waals surface area contributed by atoms with Crippen LogP contribution >= 0.6 is 0 Å². The lowest BCUT2D eigenvalue weighted by Crippen LogP contribution is -2.55. The van der Waals surface area contributed by atoms with E-state index in [1.165, 1.54) is 0 Å². The summed E-state index contributed by atoms with van der Waals surface area (Å²) >= 11 is 0. The molecule has 1 heterocycles. The van der Waals surface area contributed by atoms with Crippen LogP contribution in [0.25, 0.3) is 0 Å². The standard InChI is InChI=1S/C20H23NO3S/c1-3-18-19(16-7-5-4-6-8-16)21(20(18)22)13-14-25(23,24)17-11-9-15(2)10-12-17/h4-12,18-19H,3,13-14H2,1-2H3. The number of β-lactam (4-membered cyclic amide) rings is 1. The Morgan fingerprint density at radius 3 is 2.24 bits per heavy atom. The van der Waals surface area contributed by atoms with Gasteiger partial charge in [0.25, 0.3) is 0 Å². The van der Waals surface area contributed by atoms with Crippen molar-refractivity contribution in [1.82, 2.24) is 4.90 Å². The minimum absolute atomic E-state index is 0.0214. The molecular weight excluding hydrogens is 334 g/mol. The lowest BCUT2D eigenvalue weighted by molar-refractivity contribution is -0.156. The summed E-state index contributed by atoms with van der Waals surface area (Å²) in [5, 5.41) is 0. The van der Waals surface area contributed by atoms with Crippen molar-refractivity contribution in [2.75, 3.05) is 12.3 Å². The monoisotopic (exact) mass is 357 g/mol. The summed E-state index contributed by atoms with van der Waals surface area (Å²) in [5.74, 6) is -0.0541. The molecule has 2 aromatic rings.